The first kappa shape index (κ1) is 11.9. The molecule has 1 aromatic rings. The lowest BCUT2D eigenvalue weighted by atomic mass is 10.1. The van der Waals surface area contributed by atoms with Gasteiger partial charge < -0.3 is 10.1 Å². The summed E-state index contributed by atoms with van der Waals surface area (Å²) in [6.45, 7) is 4.61. The highest BCUT2D eigenvalue weighted by molar-refractivity contribution is 5.54. The third-order valence-electron chi connectivity index (χ3n) is 3.00. The van der Waals surface area contributed by atoms with Crippen molar-refractivity contribution in [3.05, 3.63) is 33.9 Å². The van der Waals surface area contributed by atoms with Gasteiger partial charge >= 0.3 is 0 Å². The molecule has 0 bridgehead atoms. The molecule has 17 heavy (non-hydrogen) atoms. The lowest BCUT2D eigenvalue weighted by Crippen LogP contribution is -2.26. The Morgan fingerprint density at radius 3 is 2.82 bits per heavy atom. The maximum Gasteiger partial charge on any atom is 0.271 e. The summed E-state index contributed by atoms with van der Waals surface area (Å²) in [5.74, 6) is 0. The van der Waals surface area contributed by atoms with Crippen molar-refractivity contribution in [3.63, 3.8) is 0 Å². The van der Waals surface area contributed by atoms with Crippen molar-refractivity contribution in [1.29, 1.82) is 0 Å². The number of benzene rings is 1. The highest BCUT2D eigenvalue weighted by atomic mass is 16.6. The second kappa shape index (κ2) is 4.71. The normalized spacial score (nSPS) is 23.6. The molecule has 1 aliphatic heterocycles. The van der Waals surface area contributed by atoms with Crippen molar-refractivity contribution in [2.24, 2.45) is 0 Å². The van der Waals surface area contributed by atoms with E-state index < -0.39 is 0 Å². The summed E-state index contributed by atoms with van der Waals surface area (Å²) in [6, 6.07) is 5.28. The number of aryl methyl sites for hydroxylation is 1. The first-order valence-corrected chi connectivity index (χ1v) is 5.70. The van der Waals surface area contributed by atoms with Crippen LogP contribution in [0.5, 0.6) is 0 Å². The van der Waals surface area contributed by atoms with E-state index >= 15 is 0 Å². The number of hydrogen-bond donors (Lipinski definition) is 1. The molecule has 2 atom stereocenters. The Labute approximate surface area is 99.9 Å². The van der Waals surface area contributed by atoms with Gasteiger partial charge in [-0.3, -0.25) is 10.1 Å². The fourth-order valence-electron chi connectivity index (χ4n) is 2.09. The van der Waals surface area contributed by atoms with Gasteiger partial charge in [0.05, 0.1) is 17.1 Å². The number of nitro benzene ring substituents is 1. The summed E-state index contributed by atoms with van der Waals surface area (Å²) < 4.78 is 5.45. The predicted octanol–water partition coefficient (Wildman–Crippen LogP) is 2.49. The smallest absolute Gasteiger partial charge is 0.271 e. The minimum Gasteiger partial charge on any atom is -0.379 e. The summed E-state index contributed by atoms with van der Waals surface area (Å²) in [6.07, 6.45) is 1.08. The molecule has 5 heteroatoms. The molecule has 0 amide bonds. The molecule has 0 saturated carbocycles. The molecule has 92 valence electrons. The molecule has 1 aromatic carbocycles. The number of ether oxygens (including phenoxy) is 1. The fourth-order valence-corrected chi connectivity index (χ4v) is 2.09. The van der Waals surface area contributed by atoms with Crippen molar-refractivity contribution in [2.45, 2.75) is 32.4 Å². The SMILES string of the molecule is Cc1cc(NC2CCOC2C)cc([N+](=O)[O-])c1. The summed E-state index contributed by atoms with van der Waals surface area (Å²) in [5.41, 5.74) is 1.80. The molecule has 0 aliphatic carbocycles. The van der Waals surface area contributed by atoms with E-state index in [1.54, 1.807) is 12.1 Å². The van der Waals surface area contributed by atoms with Crippen LogP contribution in [0.15, 0.2) is 18.2 Å². The first-order chi connectivity index (χ1) is 8.06. The van der Waals surface area contributed by atoms with Gasteiger partial charge in [0, 0.05) is 24.4 Å². The van der Waals surface area contributed by atoms with Gasteiger partial charge in [0.2, 0.25) is 0 Å². The Kier molecular flexibility index (Phi) is 3.28. The van der Waals surface area contributed by atoms with E-state index in [9.17, 15) is 10.1 Å². The molecular weight excluding hydrogens is 220 g/mol. The zero-order chi connectivity index (χ0) is 12.4. The van der Waals surface area contributed by atoms with Crippen LogP contribution in [0.1, 0.15) is 18.9 Å². The van der Waals surface area contributed by atoms with Gasteiger partial charge in [-0.2, -0.15) is 0 Å². The quantitative estimate of drug-likeness (QED) is 0.647. The van der Waals surface area contributed by atoms with Crippen LogP contribution in [0.2, 0.25) is 0 Å². The maximum absolute atomic E-state index is 10.8. The second-order valence-corrected chi connectivity index (χ2v) is 4.43. The number of anilines is 1. The molecule has 2 rings (SSSR count). The van der Waals surface area contributed by atoms with Crippen molar-refractivity contribution >= 4 is 11.4 Å². The molecule has 1 aliphatic rings. The van der Waals surface area contributed by atoms with Gasteiger partial charge in [0.1, 0.15) is 0 Å². The predicted molar refractivity (Wildman–Crippen MR) is 65.3 cm³/mol. The highest BCUT2D eigenvalue weighted by Gasteiger charge is 2.24. The topological polar surface area (TPSA) is 64.4 Å². The van der Waals surface area contributed by atoms with E-state index in [2.05, 4.69) is 5.32 Å². The Balaban J connectivity index is 2.17. The van der Waals surface area contributed by atoms with Crippen molar-refractivity contribution < 1.29 is 9.66 Å². The molecular formula is C12H16N2O3. The van der Waals surface area contributed by atoms with Gasteiger partial charge in [0.15, 0.2) is 0 Å². The number of non-ortho nitro benzene ring substituents is 1. The van der Waals surface area contributed by atoms with E-state index in [0.29, 0.717) is 0 Å². The summed E-state index contributed by atoms with van der Waals surface area (Å²) in [7, 11) is 0. The Morgan fingerprint density at radius 2 is 2.24 bits per heavy atom. The van der Waals surface area contributed by atoms with Crippen LogP contribution in [0.25, 0.3) is 0 Å². The van der Waals surface area contributed by atoms with E-state index in [0.717, 1.165) is 24.3 Å². The molecule has 5 nitrogen and oxygen atoms in total. The number of nitrogens with zero attached hydrogens (tertiary/aromatic N) is 1. The van der Waals surface area contributed by atoms with Crippen LogP contribution in [-0.4, -0.2) is 23.7 Å². The summed E-state index contributed by atoms with van der Waals surface area (Å²) in [5, 5.41) is 14.1. The molecule has 1 heterocycles. The fraction of sp³-hybridized carbons (Fsp3) is 0.500. The van der Waals surface area contributed by atoms with Crippen LogP contribution in [0, 0.1) is 17.0 Å². The van der Waals surface area contributed by atoms with Gasteiger partial charge in [-0.05, 0) is 31.9 Å². The monoisotopic (exact) mass is 236 g/mol. The summed E-state index contributed by atoms with van der Waals surface area (Å²) in [4.78, 5) is 10.4. The van der Waals surface area contributed by atoms with Gasteiger partial charge in [-0.15, -0.1) is 0 Å². The third kappa shape index (κ3) is 2.74. The van der Waals surface area contributed by atoms with Gasteiger partial charge in [-0.25, -0.2) is 0 Å². The van der Waals surface area contributed by atoms with E-state index in [4.69, 9.17) is 4.74 Å². The lowest BCUT2D eigenvalue weighted by molar-refractivity contribution is -0.384. The zero-order valence-electron chi connectivity index (χ0n) is 9.97. The van der Waals surface area contributed by atoms with E-state index in [1.165, 1.54) is 0 Å². The van der Waals surface area contributed by atoms with Crippen LogP contribution < -0.4 is 5.32 Å². The Bertz CT molecular complexity index is 434. The third-order valence-corrected chi connectivity index (χ3v) is 3.00. The molecule has 1 saturated heterocycles. The maximum atomic E-state index is 10.8. The number of hydrogen-bond acceptors (Lipinski definition) is 4. The van der Waals surface area contributed by atoms with Crippen LogP contribution >= 0.6 is 0 Å². The molecule has 1 fully saturated rings. The van der Waals surface area contributed by atoms with Crippen LogP contribution in [0.3, 0.4) is 0 Å². The van der Waals surface area contributed by atoms with Crippen LogP contribution in [0.4, 0.5) is 11.4 Å². The number of nitrogens with one attached hydrogen (secondary N) is 1. The van der Waals surface area contributed by atoms with Crippen molar-refractivity contribution in [3.8, 4) is 0 Å². The molecule has 0 spiro atoms. The van der Waals surface area contributed by atoms with Gasteiger partial charge in [-0.1, -0.05) is 0 Å². The Hall–Kier alpha value is -1.62. The lowest BCUT2D eigenvalue weighted by Gasteiger charge is -2.17. The first-order valence-electron chi connectivity index (χ1n) is 5.70. The minimum absolute atomic E-state index is 0.124. The zero-order valence-corrected chi connectivity index (χ0v) is 9.97. The average Bonchev–Trinajstić information content (AvgIpc) is 2.63. The average molecular weight is 236 g/mol. The van der Waals surface area contributed by atoms with E-state index in [1.807, 2.05) is 19.9 Å². The van der Waals surface area contributed by atoms with Gasteiger partial charge in [0.25, 0.3) is 5.69 Å². The molecule has 2 unspecified atom stereocenters. The highest BCUT2D eigenvalue weighted by Crippen LogP contribution is 2.24. The van der Waals surface area contributed by atoms with E-state index in [-0.39, 0.29) is 22.8 Å². The second-order valence-electron chi connectivity index (χ2n) is 4.43. The molecule has 0 radical (unpaired) electrons. The largest absolute Gasteiger partial charge is 0.379 e. The number of nitro groups is 1. The minimum atomic E-state index is -0.368. The summed E-state index contributed by atoms with van der Waals surface area (Å²) >= 11 is 0. The molecule has 1 N–H and O–H groups in total. The van der Waals surface area contributed by atoms with Crippen molar-refractivity contribution in [2.75, 3.05) is 11.9 Å². The standard InChI is InChI=1S/C12H16N2O3/c1-8-5-10(7-11(6-8)14(15)16)13-12-3-4-17-9(12)2/h5-7,9,12-13H,3-4H2,1-2H3. The van der Waals surface area contributed by atoms with Crippen LogP contribution in [-0.2, 0) is 4.74 Å². The Morgan fingerprint density at radius 1 is 1.47 bits per heavy atom. The number of rotatable bonds is 3. The molecule has 0 aromatic heterocycles. The van der Waals surface area contributed by atoms with Crippen molar-refractivity contribution in [1.82, 2.24) is 0 Å².